The number of carbonyl (C=O) groups excluding carboxylic acids is 1. The Hall–Kier alpha value is -0.850. The predicted octanol–water partition coefficient (Wildman–Crippen LogP) is 1.04. The minimum Gasteiger partial charge on any atom is -0.315 e. The zero-order valence-corrected chi connectivity index (χ0v) is 10.2. The summed E-state index contributed by atoms with van der Waals surface area (Å²) in [7, 11) is 0. The van der Waals surface area contributed by atoms with Gasteiger partial charge in [0, 0.05) is 26.1 Å². The molecule has 0 atom stereocenters. The fraction of sp³-hybridized carbons (Fsp3) is 0.769. The topological polar surface area (TPSA) is 32.3 Å². The van der Waals surface area contributed by atoms with Gasteiger partial charge in [0.2, 0.25) is 5.78 Å². The van der Waals surface area contributed by atoms with Gasteiger partial charge in [-0.15, -0.1) is 0 Å². The van der Waals surface area contributed by atoms with Crippen LogP contribution < -0.4 is 5.32 Å². The van der Waals surface area contributed by atoms with E-state index in [1.54, 1.807) is 6.92 Å². The number of likely N-dealkylation sites (tertiary alicyclic amines) is 1. The first kappa shape index (κ1) is 13.2. The van der Waals surface area contributed by atoms with Crippen LogP contribution in [0.5, 0.6) is 0 Å². The Labute approximate surface area is 98.6 Å². The van der Waals surface area contributed by atoms with Gasteiger partial charge in [0.25, 0.3) is 0 Å². The van der Waals surface area contributed by atoms with Crippen molar-refractivity contribution >= 4 is 5.78 Å². The van der Waals surface area contributed by atoms with E-state index in [9.17, 15) is 4.79 Å². The van der Waals surface area contributed by atoms with Crippen LogP contribution >= 0.6 is 0 Å². The fourth-order valence-electron chi connectivity index (χ4n) is 1.95. The highest BCUT2D eigenvalue weighted by Gasteiger charge is 2.08. The van der Waals surface area contributed by atoms with Gasteiger partial charge in [-0.25, -0.2) is 0 Å². The molecule has 90 valence electrons. The van der Waals surface area contributed by atoms with Crippen molar-refractivity contribution in [3.63, 3.8) is 0 Å². The maximum absolute atomic E-state index is 11.1. The van der Waals surface area contributed by atoms with Crippen molar-refractivity contribution in [1.82, 2.24) is 10.2 Å². The molecule has 0 aliphatic carbocycles. The van der Waals surface area contributed by atoms with E-state index in [4.69, 9.17) is 0 Å². The van der Waals surface area contributed by atoms with E-state index in [-0.39, 0.29) is 5.78 Å². The second-order valence-corrected chi connectivity index (χ2v) is 4.20. The summed E-state index contributed by atoms with van der Waals surface area (Å²) in [5.74, 6) is 5.21. The standard InChI is InChI=1S/C13H22N2O/c1-2-6-13(16)7-8-14-9-12-15-10-4-3-5-11-15/h14H,3-5,7-12H2,1H3. The Bertz CT molecular complexity index is 259. The maximum atomic E-state index is 11.1. The van der Waals surface area contributed by atoms with Crippen molar-refractivity contribution in [2.45, 2.75) is 32.6 Å². The molecule has 1 fully saturated rings. The average Bonchev–Trinajstić information content (AvgIpc) is 2.30. The van der Waals surface area contributed by atoms with Gasteiger partial charge in [0.1, 0.15) is 0 Å². The number of hydrogen-bond acceptors (Lipinski definition) is 3. The van der Waals surface area contributed by atoms with Crippen LogP contribution in [0.25, 0.3) is 0 Å². The fourth-order valence-corrected chi connectivity index (χ4v) is 1.95. The summed E-state index contributed by atoms with van der Waals surface area (Å²) in [5.41, 5.74) is 0. The average molecular weight is 222 g/mol. The molecule has 0 saturated carbocycles. The van der Waals surface area contributed by atoms with Gasteiger partial charge < -0.3 is 10.2 Å². The van der Waals surface area contributed by atoms with E-state index in [0.717, 1.165) is 19.6 Å². The van der Waals surface area contributed by atoms with E-state index in [2.05, 4.69) is 22.1 Å². The van der Waals surface area contributed by atoms with E-state index in [1.807, 2.05) is 0 Å². The van der Waals surface area contributed by atoms with E-state index >= 15 is 0 Å². The molecule has 1 saturated heterocycles. The van der Waals surface area contributed by atoms with Gasteiger partial charge in [-0.05, 0) is 38.8 Å². The molecular formula is C13H22N2O. The number of Topliss-reactive ketones (excluding diaryl/α,β-unsaturated/α-hetero) is 1. The third-order valence-electron chi connectivity index (χ3n) is 2.85. The minimum atomic E-state index is 0.0352. The van der Waals surface area contributed by atoms with Crippen molar-refractivity contribution in [2.24, 2.45) is 0 Å². The summed E-state index contributed by atoms with van der Waals surface area (Å²) >= 11 is 0. The van der Waals surface area contributed by atoms with E-state index in [1.165, 1.54) is 32.4 Å². The maximum Gasteiger partial charge on any atom is 0.206 e. The van der Waals surface area contributed by atoms with E-state index < -0.39 is 0 Å². The SMILES string of the molecule is CC#CC(=O)CCNCCN1CCCCC1. The lowest BCUT2D eigenvalue weighted by Gasteiger charge is -2.26. The third kappa shape index (κ3) is 5.89. The molecule has 0 bridgehead atoms. The molecule has 3 heteroatoms. The molecule has 3 nitrogen and oxygen atoms in total. The van der Waals surface area contributed by atoms with E-state index in [0.29, 0.717) is 6.42 Å². The van der Waals surface area contributed by atoms with Crippen LogP contribution in [0.4, 0.5) is 0 Å². The second kappa shape index (κ2) is 8.32. The minimum absolute atomic E-state index is 0.0352. The van der Waals surface area contributed by atoms with Gasteiger partial charge in [0.15, 0.2) is 0 Å². The number of nitrogens with one attached hydrogen (secondary N) is 1. The highest BCUT2D eigenvalue weighted by atomic mass is 16.1. The molecule has 16 heavy (non-hydrogen) atoms. The molecule has 0 aromatic heterocycles. The molecule has 1 heterocycles. The summed E-state index contributed by atoms with van der Waals surface area (Å²) in [6.07, 6.45) is 4.59. The first-order valence-corrected chi connectivity index (χ1v) is 6.21. The molecule has 0 amide bonds. The van der Waals surface area contributed by atoms with Crippen LogP contribution in [-0.2, 0) is 4.79 Å². The number of ketones is 1. The number of piperidine rings is 1. The van der Waals surface area contributed by atoms with Crippen molar-refractivity contribution in [3.05, 3.63) is 0 Å². The van der Waals surface area contributed by atoms with Crippen LogP contribution in [-0.4, -0.2) is 43.4 Å². The number of carbonyl (C=O) groups is 1. The summed E-state index contributed by atoms with van der Waals surface area (Å²) < 4.78 is 0. The highest BCUT2D eigenvalue weighted by molar-refractivity contribution is 5.95. The monoisotopic (exact) mass is 222 g/mol. The molecule has 0 unspecified atom stereocenters. The highest BCUT2D eigenvalue weighted by Crippen LogP contribution is 2.07. The quantitative estimate of drug-likeness (QED) is 0.414. The zero-order valence-electron chi connectivity index (χ0n) is 10.2. The number of rotatable bonds is 6. The Morgan fingerprint density at radius 3 is 2.69 bits per heavy atom. The summed E-state index contributed by atoms with van der Waals surface area (Å²) in [5, 5.41) is 3.29. The molecule has 1 aliphatic rings. The lowest BCUT2D eigenvalue weighted by molar-refractivity contribution is -0.113. The van der Waals surface area contributed by atoms with Gasteiger partial charge in [0.05, 0.1) is 0 Å². The first-order chi connectivity index (χ1) is 7.83. The Morgan fingerprint density at radius 1 is 1.25 bits per heavy atom. The molecule has 1 rings (SSSR count). The normalized spacial score (nSPS) is 16.6. The van der Waals surface area contributed by atoms with Crippen molar-refractivity contribution in [2.75, 3.05) is 32.7 Å². The zero-order chi connectivity index (χ0) is 11.6. The molecule has 0 aromatic rings. The predicted molar refractivity (Wildman–Crippen MR) is 66.2 cm³/mol. The van der Waals surface area contributed by atoms with Gasteiger partial charge in [-0.3, -0.25) is 4.79 Å². The summed E-state index contributed by atoms with van der Waals surface area (Å²) in [6, 6.07) is 0. The number of nitrogens with zero attached hydrogens (tertiary/aromatic N) is 1. The second-order valence-electron chi connectivity index (χ2n) is 4.20. The molecular weight excluding hydrogens is 200 g/mol. The lowest BCUT2D eigenvalue weighted by Crippen LogP contribution is -2.36. The van der Waals surface area contributed by atoms with Crippen LogP contribution in [0.2, 0.25) is 0 Å². The lowest BCUT2D eigenvalue weighted by atomic mass is 10.1. The summed E-state index contributed by atoms with van der Waals surface area (Å²) in [4.78, 5) is 13.6. The molecule has 1 aliphatic heterocycles. The Morgan fingerprint density at radius 2 is 2.00 bits per heavy atom. The van der Waals surface area contributed by atoms with Crippen LogP contribution in [0.3, 0.4) is 0 Å². The molecule has 1 N–H and O–H groups in total. The molecule has 0 aromatic carbocycles. The van der Waals surface area contributed by atoms with Crippen LogP contribution in [0.1, 0.15) is 32.6 Å². The molecule has 0 radical (unpaired) electrons. The Balaban J connectivity index is 1.94. The number of hydrogen-bond donors (Lipinski definition) is 1. The van der Waals surface area contributed by atoms with Crippen LogP contribution in [0.15, 0.2) is 0 Å². The van der Waals surface area contributed by atoms with Crippen molar-refractivity contribution in [3.8, 4) is 11.8 Å². The van der Waals surface area contributed by atoms with Gasteiger partial charge in [-0.2, -0.15) is 0 Å². The van der Waals surface area contributed by atoms with Gasteiger partial charge >= 0.3 is 0 Å². The summed E-state index contributed by atoms with van der Waals surface area (Å²) in [6.45, 7) is 7.01. The third-order valence-corrected chi connectivity index (χ3v) is 2.85. The smallest absolute Gasteiger partial charge is 0.206 e. The van der Waals surface area contributed by atoms with Crippen molar-refractivity contribution in [1.29, 1.82) is 0 Å². The van der Waals surface area contributed by atoms with Crippen molar-refractivity contribution < 1.29 is 4.79 Å². The Kier molecular flexibility index (Phi) is 6.87. The largest absolute Gasteiger partial charge is 0.315 e. The molecule has 0 spiro atoms. The van der Waals surface area contributed by atoms with Crippen LogP contribution in [0, 0.1) is 11.8 Å². The van der Waals surface area contributed by atoms with Gasteiger partial charge in [-0.1, -0.05) is 12.3 Å². The first-order valence-electron chi connectivity index (χ1n) is 6.21.